The fourth-order valence-electron chi connectivity index (χ4n) is 2.87. The summed E-state index contributed by atoms with van der Waals surface area (Å²) in [6.45, 7) is 3.00. The van der Waals surface area contributed by atoms with Crippen molar-refractivity contribution >= 4 is 17.6 Å². The number of anilines is 2. The molecule has 1 aromatic heterocycles. The van der Waals surface area contributed by atoms with Crippen LogP contribution in [0.4, 0.5) is 16.3 Å². The lowest BCUT2D eigenvalue weighted by Crippen LogP contribution is -2.29. The van der Waals surface area contributed by atoms with Gasteiger partial charge in [-0.2, -0.15) is 0 Å². The van der Waals surface area contributed by atoms with Gasteiger partial charge in [0.25, 0.3) is 0 Å². The van der Waals surface area contributed by atoms with Crippen LogP contribution < -0.4 is 15.0 Å². The third-order valence-corrected chi connectivity index (χ3v) is 4.29. The molecule has 0 saturated heterocycles. The van der Waals surface area contributed by atoms with Gasteiger partial charge in [-0.15, -0.1) is 0 Å². The zero-order valence-corrected chi connectivity index (χ0v) is 13.8. The Kier molecular flexibility index (Phi) is 4.55. The van der Waals surface area contributed by atoms with Gasteiger partial charge in [0, 0.05) is 37.5 Å². The Morgan fingerprint density at radius 3 is 2.96 bits per heavy atom. The summed E-state index contributed by atoms with van der Waals surface area (Å²) in [7, 11) is 1.96. The third kappa shape index (κ3) is 3.42. The van der Waals surface area contributed by atoms with Gasteiger partial charge in [-0.25, -0.2) is 9.78 Å². The third-order valence-electron chi connectivity index (χ3n) is 4.29. The van der Waals surface area contributed by atoms with Gasteiger partial charge >= 0.3 is 6.09 Å². The Balaban J connectivity index is 1.82. The summed E-state index contributed by atoms with van der Waals surface area (Å²) in [6, 6.07) is 10.0. The van der Waals surface area contributed by atoms with Crippen molar-refractivity contribution in [2.75, 3.05) is 25.1 Å². The molecule has 6 nitrogen and oxygen atoms in total. The Morgan fingerprint density at radius 2 is 2.25 bits per heavy atom. The number of ether oxygens (including phenoxy) is 1. The summed E-state index contributed by atoms with van der Waals surface area (Å²) >= 11 is 0. The lowest BCUT2D eigenvalue weighted by atomic mass is 9.92. The number of aromatic nitrogens is 1. The Bertz CT molecular complexity index is 731. The molecule has 1 aromatic carbocycles. The van der Waals surface area contributed by atoms with Crippen molar-refractivity contribution in [3.05, 3.63) is 47.7 Å². The van der Waals surface area contributed by atoms with Gasteiger partial charge in [0.15, 0.2) is 0 Å². The molecule has 3 rings (SSSR count). The highest BCUT2D eigenvalue weighted by Gasteiger charge is 2.23. The maximum Gasteiger partial charge on any atom is 0.404 e. The number of rotatable bonds is 4. The minimum atomic E-state index is -0.996. The number of hydrogen-bond acceptors (Lipinski definition) is 4. The minimum absolute atomic E-state index is 0.140. The van der Waals surface area contributed by atoms with Crippen LogP contribution in [0.3, 0.4) is 0 Å². The molecule has 0 saturated carbocycles. The van der Waals surface area contributed by atoms with E-state index in [1.165, 1.54) is 0 Å². The lowest BCUT2D eigenvalue weighted by molar-refractivity contribution is 0.191. The summed E-state index contributed by atoms with van der Waals surface area (Å²) in [5.74, 6) is 1.82. The van der Waals surface area contributed by atoms with E-state index in [1.807, 2.05) is 55.4 Å². The Labute approximate surface area is 141 Å². The molecule has 2 N–H and O–H groups in total. The SMILES string of the molecule is Cc1ccc(N(C)c2ccc3c(c2)OCC[C@H]3CNC(=O)O)nc1. The number of benzene rings is 1. The predicted molar refractivity (Wildman–Crippen MR) is 92.4 cm³/mol. The maximum atomic E-state index is 10.7. The number of carboxylic acid groups (broad SMARTS) is 1. The smallest absolute Gasteiger partial charge is 0.404 e. The first-order chi connectivity index (χ1) is 11.5. The molecule has 126 valence electrons. The average molecular weight is 327 g/mol. The van der Waals surface area contributed by atoms with E-state index in [9.17, 15) is 4.79 Å². The van der Waals surface area contributed by atoms with Crippen LogP contribution in [-0.2, 0) is 0 Å². The van der Waals surface area contributed by atoms with Gasteiger partial charge in [-0.05, 0) is 36.6 Å². The molecule has 1 aliphatic heterocycles. The van der Waals surface area contributed by atoms with Crippen LogP contribution >= 0.6 is 0 Å². The number of hydrogen-bond donors (Lipinski definition) is 2. The highest BCUT2D eigenvalue weighted by Crippen LogP contribution is 2.37. The molecule has 0 aliphatic carbocycles. The fourth-order valence-corrected chi connectivity index (χ4v) is 2.87. The van der Waals surface area contributed by atoms with Crippen molar-refractivity contribution in [3.8, 4) is 5.75 Å². The molecular formula is C18H21N3O3. The molecule has 2 aromatic rings. The highest BCUT2D eigenvalue weighted by atomic mass is 16.5. The summed E-state index contributed by atoms with van der Waals surface area (Å²) < 4.78 is 5.78. The van der Waals surface area contributed by atoms with Gasteiger partial charge in [0.05, 0.1) is 6.61 Å². The number of aryl methyl sites for hydroxylation is 1. The monoisotopic (exact) mass is 327 g/mol. The molecule has 0 bridgehead atoms. The van der Waals surface area contributed by atoms with Crippen LogP contribution in [0.5, 0.6) is 5.75 Å². The van der Waals surface area contributed by atoms with Crippen molar-refractivity contribution < 1.29 is 14.6 Å². The minimum Gasteiger partial charge on any atom is -0.493 e. The number of pyridine rings is 1. The van der Waals surface area contributed by atoms with Gasteiger partial charge in [0.2, 0.25) is 0 Å². The maximum absolute atomic E-state index is 10.7. The van der Waals surface area contributed by atoms with E-state index in [4.69, 9.17) is 9.84 Å². The van der Waals surface area contributed by atoms with Crippen LogP contribution in [0.1, 0.15) is 23.5 Å². The van der Waals surface area contributed by atoms with Gasteiger partial charge in [-0.1, -0.05) is 12.1 Å². The number of nitrogens with one attached hydrogen (secondary N) is 1. The predicted octanol–water partition coefficient (Wildman–Crippen LogP) is 3.29. The first-order valence-corrected chi connectivity index (χ1v) is 7.94. The molecule has 0 fully saturated rings. The zero-order valence-electron chi connectivity index (χ0n) is 13.8. The Hall–Kier alpha value is -2.76. The van der Waals surface area contributed by atoms with E-state index >= 15 is 0 Å². The molecule has 1 aliphatic rings. The van der Waals surface area contributed by atoms with Crippen LogP contribution in [0.2, 0.25) is 0 Å². The first kappa shape index (κ1) is 16.1. The molecule has 1 amide bonds. The number of nitrogens with zero attached hydrogens (tertiary/aromatic N) is 2. The number of fused-ring (bicyclic) bond motifs is 1. The fraction of sp³-hybridized carbons (Fsp3) is 0.333. The topological polar surface area (TPSA) is 74.7 Å². The van der Waals surface area contributed by atoms with Crippen molar-refractivity contribution in [1.29, 1.82) is 0 Å². The van der Waals surface area contributed by atoms with Crippen LogP contribution in [0, 0.1) is 6.92 Å². The quantitative estimate of drug-likeness (QED) is 0.901. The first-order valence-electron chi connectivity index (χ1n) is 7.94. The number of carbonyl (C=O) groups is 1. The van der Waals surface area contributed by atoms with E-state index in [-0.39, 0.29) is 5.92 Å². The van der Waals surface area contributed by atoms with E-state index in [2.05, 4.69) is 10.3 Å². The van der Waals surface area contributed by atoms with Gasteiger partial charge in [-0.3, -0.25) is 0 Å². The molecule has 0 radical (unpaired) electrons. The van der Waals surface area contributed by atoms with E-state index < -0.39 is 6.09 Å². The summed E-state index contributed by atoms with van der Waals surface area (Å²) in [5.41, 5.74) is 3.15. The molecule has 0 spiro atoms. The average Bonchev–Trinajstić information content (AvgIpc) is 2.59. The highest BCUT2D eigenvalue weighted by molar-refractivity contribution is 5.65. The standard InChI is InChI=1S/C18H21N3O3/c1-12-3-6-17(19-10-12)21(2)14-4-5-15-13(11-20-18(22)23)7-8-24-16(15)9-14/h3-6,9-10,13,20H,7-8,11H2,1-2H3,(H,22,23)/t13-/m0/s1. The number of amides is 1. The van der Waals surface area contributed by atoms with Crippen LogP contribution in [-0.4, -0.2) is 36.4 Å². The molecular weight excluding hydrogens is 306 g/mol. The van der Waals surface area contributed by atoms with Crippen molar-refractivity contribution in [3.63, 3.8) is 0 Å². The van der Waals surface area contributed by atoms with E-state index in [0.29, 0.717) is 13.2 Å². The second-order valence-corrected chi connectivity index (χ2v) is 6.00. The molecule has 6 heteroatoms. The Morgan fingerprint density at radius 1 is 1.42 bits per heavy atom. The largest absolute Gasteiger partial charge is 0.493 e. The lowest BCUT2D eigenvalue weighted by Gasteiger charge is -2.27. The summed E-state index contributed by atoms with van der Waals surface area (Å²) in [6.07, 6.45) is 1.65. The summed E-state index contributed by atoms with van der Waals surface area (Å²) in [4.78, 5) is 17.2. The normalized spacial score (nSPS) is 16.0. The van der Waals surface area contributed by atoms with Crippen molar-refractivity contribution in [1.82, 2.24) is 10.3 Å². The van der Waals surface area contributed by atoms with Crippen LogP contribution in [0.15, 0.2) is 36.5 Å². The molecule has 24 heavy (non-hydrogen) atoms. The van der Waals surface area contributed by atoms with Gasteiger partial charge < -0.3 is 20.1 Å². The molecule has 2 heterocycles. The second kappa shape index (κ2) is 6.78. The summed E-state index contributed by atoms with van der Waals surface area (Å²) in [5, 5.41) is 11.3. The van der Waals surface area contributed by atoms with Crippen LogP contribution in [0.25, 0.3) is 0 Å². The van der Waals surface area contributed by atoms with E-state index in [1.54, 1.807) is 0 Å². The van der Waals surface area contributed by atoms with Crippen molar-refractivity contribution in [2.24, 2.45) is 0 Å². The molecule has 1 atom stereocenters. The second-order valence-electron chi connectivity index (χ2n) is 6.00. The van der Waals surface area contributed by atoms with Gasteiger partial charge in [0.1, 0.15) is 11.6 Å². The zero-order chi connectivity index (χ0) is 17.1. The van der Waals surface area contributed by atoms with E-state index in [0.717, 1.165) is 34.8 Å². The van der Waals surface area contributed by atoms with Crippen molar-refractivity contribution in [2.45, 2.75) is 19.3 Å². The molecule has 0 unspecified atom stereocenters.